The van der Waals surface area contributed by atoms with E-state index in [9.17, 15) is 4.39 Å². The highest BCUT2D eigenvalue weighted by atomic mass is 19.1. The summed E-state index contributed by atoms with van der Waals surface area (Å²) in [4.78, 5) is 2.53. The van der Waals surface area contributed by atoms with Crippen molar-refractivity contribution in [1.82, 2.24) is 4.90 Å². The Balaban J connectivity index is 1.42. The lowest BCUT2D eigenvalue weighted by molar-refractivity contribution is 0.186. The van der Waals surface area contributed by atoms with Crippen LogP contribution in [0.1, 0.15) is 24.0 Å². The molecule has 1 aliphatic heterocycles. The zero-order valence-corrected chi connectivity index (χ0v) is 14.4. The molecule has 2 aromatic carbocycles. The van der Waals surface area contributed by atoms with Gasteiger partial charge in [-0.25, -0.2) is 4.39 Å². The molecule has 0 bridgehead atoms. The summed E-state index contributed by atoms with van der Waals surface area (Å²) in [5, 5.41) is 0. The van der Waals surface area contributed by atoms with Crippen LogP contribution in [0, 0.1) is 11.7 Å². The monoisotopic (exact) mass is 327 g/mol. The van der Waals surface area contributed by atoms with Crippen molar-refractivity contribution < 1.29 is 9.13 Å². The van der Waals surface area contributed by atoms with Crippen LogP contribution >= 0.6 is 0 Å². The number of piperidine rings is 1. The maximum Gasteiger partial charge on any atom is 0.123 e. The molecule has 0 radical (unpaired) electrons. The van der Waals surface area contributed by atoms with Crippen LogP contribution in [-0.4, -0.2) is 31.6 Å². The number of likely N-dealkylation sites (tertiary alicyclic amines) is 1. The summed E-state index contributed by atoms with van der Waals surface area (Å²) < 4.78 is 18.2. The van der Waals surface area contributed by atoms with Crippen LogP contribution in [0.2, 0.25) is 0 Å². The van der Waals surface area contributed by atoms with Gasteiger partial charge in [0.25, 0.3) is 0 Å². The minimum Gasteiger partial charge on any atom is -0.497 e. The smallest absolute Gasteiger partial charge is 0.123 e. The molecule has 0 aromatic heterocycles. The summed E-state index contributed by atoms with van der Waals surface area (Å²) in [6, 6.07) is 15.3. The van der Waals surface area contributed by atoms with Crippen molar-refractivity contribution in [2.24, 2.45) is 5.92 Å². The van der Waals surface area contributed by atoms with Crippen LogP contribution in [-0.2, 0) is 12.8 Å². The molecule has 0 amide bonds. The van der Waals surface area contributed by atoms with Crippen molar-refractivity contribution in [1.29, 1.82) is 0 Å². The number of rotatable bonds is 6. The van der Waals surface area contributed by atoms with Crippen LogP contribution in [0.15, 0.2) is 48.5 Å². The van der Waals surface area contributed by atoms with Crippen molar-refractivity contribution in [2.75, 3.05) is 26.7 Å². The van der Waals surface area contributed by atoms with Crippen LogP contribution < -0.4 is 4.74 Å². The Morgan fingerprint density at radius 2 is 1.79 bits per heavy atom. The summed E-state index contributed by atoms with van der Waals surface area (Å²) >= 11 is 0. The summed E-state index contributed by atoms with van der Waals surface area (Å²) in [6.45, 7) is 3.39. The van der Waals surface area contributed by atoms with Gasteiger partial charge < -0.3 is 9.64 Å². The summed E-state index contributed by atoms with van der Waals surface area (Å²) in [5.74, 6) is 1.56. The third-order valence-electron chi connectivity index (χ3n) is 5.00. The minimum absolute atomic E-state index is 0.155. The Hall–Kier alpha value is -1.87. The molecule has 0 spiro atoms. The van der Waals surface area contributed by atoms with Crippen LogP contribution in [0.25, 0.3) is 0 Å². The molecule has 128 valence electrons. The third-order valence-corrected chi connectivity index (χ3v) is 5.00. The minimum atomic E-state index is -0.155. The molecule has 1 fully saturated rings. The topological polar surface area (TPSA) is 12.5 Å². The first kappa shape index (κ1) is 17.0. The van der Waals surface area contributed by atoms with Crippen LogP contribution in [0.5, 0.6) is 5.75 Å². The van der Waals surface area contributed by atoms with E-state index in [-0.39, 0.29) is 5.82 Å². The first-order valence-electron chi connectivity index (χ1n) is 8.82. The molecule has 1 heterocycles. The third kappa shape index (κ3) is 4.81. The fraction of sp³-hybridized carbons (Fsp3) is 0.429. The predicted molar refractivity (Wildman–Crippen MR) is 96.0 cm³/mol. The van der Waals surface area contributed by atoms with Gasteiger partial charge in [-0.1, -0.05) is 24.3 Å². The maximum absolute atomic E-state index is 12.9. The molecule has 2 nitrogen and oxygen atoms in total. The summed E-state index contributed by atoms with van der Waals surface area (Å²) in [7, 11) is 1.72. The second-order valence-corrected chi connectivity index (χ2v) is 6.72. The van der Waals surface area contributed by atoms with Gasteiger partial charge >= 0.3 is 0 Å². The van der Waals surface area contributed by atoms with E-state index in [1.54, 1.807) is 19.2 Å². The van der Waals surface area contributed by atoms with E-state index >= 15 is 0 Å². The van der Waals surface area contributed by atoms with Gasteiger partial charge in [0.05, 0.1) is 7.11 Å². The van der Waals surface area contributed by atoms with Crippen molar-refractivity contribution in [2.45, 2.75) is 25.7 Å². The predicted octanol–water partition coefficient (Wildman–Crippen LogP) is 4.33. The molecular weight excluding hydrogens is 301 g/mol. The zero-order chi connectivity index (χ0) is 16.8. The second kappa shape index (κ2) is 8.29. The van der Waals surface area contributed by atoms with Gasteiger partial charge in [0.1, 0.15) is 11.6 Å². The molecule has 1 saturated heterocycles. The number of methoxy groups -OCH3 is 1. The highest BCUT2D eigenvalue weighted by molar-refractivity contribution is 5.28. The number of benzene rings is 2. The summed E-state index contributed by atoms with van der Waals surface area (Å²) in [6.07, 6.45) is 4.64. The second-order valence-electron chi connectivity index (χ2n) is 6.72. The first-order chi connectivity index (χ1) is 11.7. The molecule has 2 aromatic rings. The van der Waals surface area contributed by atoms with Crippen molar-refractivity contribution in [3.8, 4) is 5.75 Å². The van der Waals surface area contributed by atoms with E-state index in [0.29, 0.717) is 0 Å². The quantitative estimate of drug-likeness (QED) is 0.783. The largest absolute Gasteiger partial charge is 0.497 e. The van der Waals surface area contributed by atoms with Gasteiger partial charge in [0.2, 0.25) is 0 Å². The average Bonchev–Trinajstić information content (AvgIpc) is 2.63. The SMILES string of the molecule is COc1cccc(CC2CCN(CCc3ccc(F)cc3)CC2)c1. The van der Waals surface area contributed by atoms with Crippen molar-refractivity contribution in [3.05, 3.63) is 65.5 Å². The molecule has 0 unspecified atom stereocenters. The number of halogens is 1. The molecule has 3 rings (SSSR count). The number of nitrogens with zero attached hydrogens (tertiary/aromatic N) is 1. The van der Waals surface area contributed by atoms with Gasteiger partial charge in [-0.05, 0) is 80.1 Å². The summed E-state index contributed by atoms with van der Waals surface area (Å²) in [5.41, 5.74) is 2.59. The van der Waals surface area contributed by atoms with E-state index in [4.69, 9.17) is 4.74 Å². The molecule has 0 N–H and O–H groups in total. The van der Waals surface area contributed by atoms with Gasteiger partial charge in [-0.2, -0.15) is 0 Å². The van der Waals surface area contributed by atoms with Crippen molar-refractivity contribution in [3.63, 3.8) is 0 Å². The Labute approximate surface area is 144 Å². The zero-order valence-electron chi connectivity index (χ0n) is 14.4. The fourth-order valence-electron chi connectivity index (χ4n) is 3.49. The lowest BCUT2D eigenvalue weighted by atomic mass is 9.90. The molecule has 0 aliphatic carbocycles. The lowest BCUT2D eigenvalue weighted by Gasteiger charge is -2.32. The molecule has 3 heteroatoms. The number of hydrogen-bond donors (Lipinski definition) is 0. The normalized spacial score (nSPS) is 16.2. The van der Waals surface area contributed by atoms with Gasteiger partial charge in [0.15, 0.2) is 0 Å². The van der Waals surface area contributed by atoms with E-state index in [1.165, 1.54) is 24.0 Å². The number of hydrogen-bond acceptors (Lipinski definition) is 2. The highest BCUT2D eigenvalue weighted by Crippen LogP contribution is 2.23. The van der Waals surface area contributed by atoms with Crippen LogP contribution in [0.4, 0.5) is 4.39 Å². The Morgan fingerprint density at radius 1 is 1.04 bits per heavy atom. The maximum atomic E-state index is 12.9. The van der Waals surface area contributed by atoms with Gasteiger partial charge in [0, 0.05) is 6.54 Å². The van der Waals surface area contributed by atoms with E-state index in [1.807, 2.05) is 18.2 Å². The van der Waals surface area contributed by atoms with Gasteiger partial charge in [-0.15, -0.1) is 0 Å². The van der Waals surface area contributed by atoms with E-state index in [0.717, 1.165) is 44.1 Å². The Morgan fingerprint density at radius 3 is 2.50 bits per heavy atom. The molecule has 1 aliphatic rings. The van der Waals surface area contributed by atoms with Crippen LogP contribution in [0.3, 0.4) is 0 Å². The lowest BCUT2D eigenvalue weighted by Crippen LogP contribution is -2.35. The van der Waals surface area contributed by atoms with E-state index in [2.05, 4.69) is 23.1 Å². The Bertz CT molecular complexity index is 633. The molecule has 0 atom stereocenters. The standard InChI is InChI=1S/C21H26FNO/c1-24-21-4-2-3-19(16-21)15-18-10-13-23(14-11-18)12-9-17-5-7-20(22)8-6-17/h2-8,16,18H,9-15H2,1H3. The number of ether oxygens (including phenoxy) is 1. The fourth-order valence-corrected chi connectivity index (χ4v) is 3.49. The molecule has 0 saturated carbocycles. The Kier molecular flexibility index (Phi) is 5.86. The van der Waals surface area contributed by atoms with E-state index < -0.39 is 0 Å². The van der Waals surface area contributed by atoms with Crippen molar-refractivity contribution >= 4 is 0 Å². The average molecular weight is 327 g/mol. The highest BCUT2D eigenvalue weighted by Gasteiger charge is 2.19. The first-order valence-corrected chi connectivity index (χ1v) is 8.82. The molecule has 24 heavy (non-hydrogen) atoms. The molecular formula is C21H26FNO. The van der Waals surface area contributed by atoms with Gasteiger partial charge in [-0.3, -0.25) is 0 Å².